The predicted octanol–water partition coefficient (Wildman–Crippen LogP) is 2.59. The summed E-state index contributed by atoms with van der Waals surface area (Å²) in [6, 6.07) is 12.2. The lowest BCUT2D eigenvalue weighted by Crippen LogP contribution is -2.15. The van der Waals surface area contributed by atoms with Gasteiger partial charge in [0.1, 0.15) is 24.7 Å². The maximum Gasteiger partial charge on any atom is 0.252 e. The van der Waals surface area contributed by atoms with Gasteiger partial charge >= 0.3 is 0 Å². The molecule has 0 aliphatic heterocycles. The molecule has 2 rings (SSSR count). The Hall–Kier alpha value is -2.21. The van der Waals surface area contributed by atoms with Crippen LogP contribution in [-0.4, -0.2) is 19.1 Å². The Balaban J connectivity index is 1.89. The summed E-state index contributed by atoms with van der Waals surface area (Å²) in [4.78, 5) is 11.3. The summed E-state index contributed by atoms with van der Waals surface area (Å²) < 4.78 is 12.0. The molecule has 0 aliphatic carbocycles. The first-order valence-electron chi connectivity index (χ1n) is 6.27. The zero-order chi connectivity index (χ0) is 15.2. The summed E-state index contributed by atoms with van der Waals surface area (Å²) in [5.74, 6) is 0.566. The minimum absolute atomic E-state index is 0.263. The molecule has 0 bridgehead atoms. The maximum absolute atomic E-state index is 11.3. The Labute approximate surface area is 131 Å². The highest BCUT2D eigenvalue weighted by molar-refractivity contribution is 9.10. The summed E-state index contributed by atoms with van der Waals surface area (Å²) in [5, 5.41) is 0. The molecule has 5 nitrogen and oxygen atoms in total. The summed E-state index contributed by atoms with van der Waals surface area (Å²) in [6.07, 6.45) is 0. The number of anilines is 1. The highest BCUT2D eigenvalue weighted by Gasteiger charge is 2.09. The SMILES string of the molecule is NC(=O)c1cc(N)ccc1OCCOc1ccc(Br)cc1. The van der Waals surface area contributed by atoms with Crippen LogP contribution in [0.15, 0.2) is 46.9 Å². The van der Waals surface area contributed by atoms with Gasteiger partial charge < -0.3 is 20.9 Å². The number of amides is 1. The number of carbonyl (C=O) groups excluding carboxylic acids is 1. The normalized spacial score (nSPS) is 10.1. The zero-order valence-electron chi connectivity index (χ0n) is 11.2. The molecule has 6 heteroatoms. The van der Waals surface area contributed by atoms with Gasteiger partial charge in [-0.2, -0.15) is 0 Å². The second-order valence-corrected chi connectivity index (χ2v) is 5.19. The van der Waals surface area contributed by atoms with E-state index in [1.165, 1.54) is 6.07 Å². The molecule has 0 spiro atoms. The van der Waals surface area contributed by atoms with Crippen molar-refractivity contribution in [1.82, 2.24) is 0 Å². The van der Waals surface area contributed by atoms with Crippen LogP contribution in [0.5, 0.6) is 11.5 Å². The minimum atomic E-state index is -0.578. The predicted molar refractivity (Wildman–Crippen MR) is 84.5 cm³/mol. The second-order valence-electron chi connectivity index (χ2n) is 4.27. The molecule has 2 aromatic rings. The van der Waals surface area contributed by atoms with Gasteiger partial charge in [0.25, 0.3) is 5.91 Å². The number of carbonyl (C=O) groups is 1. The molecule has 4 N–H and O–H groups in total. The first-order valence-corrected chi connectivity index (χ1v) is 7.06. The topological polar surface area (TPSA) is 87.6 Å². The van der Waals surface area contributed by atoms with E-state index in [0.717, 1.165) is 10.2 Å². The fourth-order valence-corrected chi connectivity index (χ4v) is 1.97. The molecule has 0 saturated carbocycles. The van der Waals surface area contributed by atoms with Crippen LogP contribution in [0.3, 0.4) is 0 Å². The molecule has 0 unspecified atom stereocenters. The number of benzene rings is 2. The maximum atomic E-state index is 11.3. The third-order valence-corrected chi connectivity index (χ3v) is 3.22. The number of ether oxygens (including phenoxy) is 2. The molecule has 0 radical (unpaired) electrons. The van der Waals surface area contributed by atoms with Crippen molar-refractivity contribution >= 4 is 27.5 Å². The van der Waals surface area contributed by atoms with E-state index in [0.29, 0.717) is 24.7 Å². The lowest BCUT2D eigenvalue weighted by atomic mass is 10.1. The smallest absolute Gasteiger partial charge is 0.252 e. The summed E-state index contributed by atoms with van der Waals surface area (Å²) in [6.45, 7) is 0.643. The lowest BCUT2D eigenvalue weighted by Gasteiger charge is -2.11. The monoisotopic (exact) mass is 350 g/mol. The molecule has 21 heavy (non-hydrogen) atoms. The van der Waals surface area contributed by atoms with Crippen molar-refractivity contribution < 1.29 is 14.3 Å². The van der Waals surface area contributed by atoms with Crippen molar-refractivity contribution in [2.45, 2.75) is 0 Å². The van der Waals surface area contributed by atoms with E-state index in [1.807, 2.05) is 24.3 Å². The van der Waals surface area contributed by atoms with Crippen LogP contribution < -0.4 is 20.9 Å². The molecule has 0 fully saturated rings. The van der Waals surface area contributed by atoms with Gasteiger partial charge in [-0.3, -0.25) is 4.79 Å². The Morgan fingerprint density at radius 3 is 2.38 bits per heavy atom. The van der Waals surface area contributed by atoms with Crippen LogP contribution in [0, 0.1) is 0 Å². The molecule has 0 aliphatic rings. The van der Waals surface area contributed by atoms with E-state index >= 15 is 0 Å². The summed E-state index contributed by atoms with van der Waals surface area (Å²) in [5.41, 5.74) is 11.6. The van der Waals surface area contributed by atoms with Crippen molar-refractivity contribution in [1.29, 1.82) is 0 Å². The molecule has 0 heterocycles. The molecule has 0 aromatic heterocycles. The lowest BCUT2D eigenvalue weighted by molar-refractivity contribution is 0.0995. The molecular weight excluding hydrogens is 336 g/mol. The van der Waals surface area contributed by atoms with E-state index in [4.69, 9.17) is 20.9 Å². The standard InChI is InChI=1S/C15H15BrN2O3/c16-10-1-4-12(5-2-10)20-7-8-21-14-6-3-11(17)9-13(14)15(18)19/h1-6,9H,7-8,17H2,(H2,18,19). The molecule has 1 amide bonds. The van der Waals surface area contributed by atoms with Gasteiger partial charge in [0, 0.05) is 10.2 Å². The molecule has 110 valence electrons. The number of hydrogen-bond donors (Lipinski definition) is 2. The third kappa shape index (κ3) is 4.39. The van der Waals surface area contributed by atoms with E-state index in [1.54, 1.807) is 12.1 Å². The van der Waals surface area contributed by atoms with Gasteiger partial charge in [-0.05, 0) is 42.5 Å². The second kappa shape index (κ2) is 6.99. The van der Waals surface area contributed by atoms with E-state index in [2.05, 4.69) is 15.9 Å². The van der Waals surface area contributed by atoms with Gasteiger partial charge in [0.2, 0.25) is 0 Å². The average molecular weight is 351 g/mol. The zero-order valence-corrected chi connectivity index (χ0v) is 12.8. The number of nitrogen functional groups attached to an aromatic ring is 1. The van der Waals surface area contributed by atoms with Crippen LogP contribution >= 0.6 is 15.9 Å². The van der Waals surface area contributed by atoms with E-state index < -0.39 is 5.91 Å². The van der Waals surface area contributed by atoms with Crippen molar-refractivity contribution in [3.05, 3.63) is 52.5 Å². The fourth-order valence-electron chi connectivity index (χ4n) is 1.71. The van der Waals surface area contributed by atoms with Crippen LogP contribution in [0.1, 0.15) is 10.4 Å². The Kier molecular flexibility index (Phi) is 5.05. The minimum Gasteiger partial charge on any atom is -0.490 e. The van der Waals surface area contributed by atoms with E-state index in [-0.39, 0.29) is 5.56 Å². The van der Waals surface area contributed by atoms with Crippen LogP contribution in [0.4, 0.5) is 5.69 Å². The number of rotatable bonds is 6. The van der Waals surface area contributed by atoms with Gasteiger partial charge in [0.15, 0.2) is 0 Å². The highest BCUT2D eigenvalue weighted by atomic mass is 79.9. The molecule has 0 saturated heterocycles. The summed E-state index contributed by atoms with van der Waals surface area (Å²) in [7, 11) is 0. The highest BCUT2D eigenvalue weighted by Crippen LogP contribution is 2.21. The largest absolute Gasteiger partial charge is 0.490 e. The third-order valence-electron chi connectivity index (χ3n) is 2.69. The molecule has 2 aromatic carbocycles. The van der Waals surface area contributed by atoms with Crippen molar-refractivity contribution in [2.75, 3.05) is 18.9 Å². The number of primary amides is 1. The van der Waals surface area contributed by atoms with Crippen LogP contribution in [0.25, 0.3) is 0 Å². The number of nitrogens with two attached hydrogens (primary N) is 2. The van der Waals surface area contributed by atoms with Crippen molar-refractivity contribution in [3.8, 4) is 11.5 Å². The number of halogens is 1. The van der Waals surface area contributed by atoms with Gasteiger partial charge in [-0.15, -0.1) is 0 Å². The molecule has 0 atom stereocenters. The first-order chi connectivity index (χ1) is 10.1. The molecular formula is C15H15BrN2O3. The van der Waals surface area contributed by atoms with Crippen molar-refractivity contribution in [2.24, 2.45) is 5.73 Å². The number of hydrogen-bond acceptors (Lipinski definition) is 4. The van der Waals surface area contributed by atoms with Crippen LogP contribution in [0.2, 0.25) is 0 Å². The van der Waals surface area contributed by atoms with Gasteiger partial charge in [-0.25, -0.2) is 0 Å². The first kappa shape index (κ1) is 15.2. The average Bonchev–Trinajstić information content (AvgIpc) is 2.46. The Morgan fingerprint density at radius 2 is 1.71 bits per heavy atom. The van der Waals surface area contributed by atoms with E-state index in [9.17, 15) is 4.79 Å². The fraction of sp³-hybridized carbons (Fsp3) is 0.133. The summed E-state index contributed by atoms with van der Waals surface area (Å²) >= 11 is 3.35. The quantitative estimate of drug-likeness (QED) is 0.619. The van der Waals surface area contributed by atoms with Crippen molar-refractivity contribution in [3.63, 3.8) is 0 Å². The Bertz CT molecular complexity index is 629. The van der Waals surface area contributed by atoms with Gasteiger partial charge in [0.05, 0.1) is 5.56 Å². The van der Waals surface area contributed by atoms with Gasteiger partial charge in [-0.1, -0.05) is 15.9 Å². The Morgan fingerprint density at radius 1 is 1.05 bits per heavy atom. The van der Waals surface area contributed by atoms with Crippen LogP contribution in [-0.2, 0) is 0 Å².